The molecule has 0 radical (unpaired) electrons. The molecule has 0 bridgehead atoms. The number of hydrogen-bond donors (Lipinski definition) is 1. The van der Waals surface area contributed by atoms with Crippen LogP contribution in [0, 0.1) is 0 Å². The Hall–Kier alpha value is -2.27. The Morgan fingerprint density at radius 2 is 1.61 bits per heavy atom. The summed E-state index contributed by atoms with van der Waals surface area (Å²) in [6, 6.07) is 18.3. The topological polar surface area (TPSA) is 27.7 Å². The van der Waals surface area contributed by atoms with Gasteiger partial charge in [-0.15, -0.1) is 0 Å². The van der Waals surface area contributed by atoms with Crippen LogP contribution < -0.4 is 15.0 Å². The first-order valence-corrected chi connectivity index (χ1v) is 8.17. The van der Waals surface area contributed by atoms with Gasteiger partial charge in [-0.1, -0.05) is 30.3 Å². The van der Waals surface area contributed by atoms with Crippen molar-refractivity contribution in [3.8, 4) is 5.75 Å². The molecule has 1 saturated heterocycles. The normalized spacial score (nSPS) is 14.5. The molecule has 0 atom stereocenters. The molecule has 1 aliphatic rings. The van der Waals surface area contributed by atoms with Crippen LogP contribution in [0.4, 0.5) is 11.4 Å². The van der Waals surface area contributed by atoms with Gasteiger partial charge in [-0.05, 0) is 36.5 Å². The van der Waals surface area contributed by atoms with Crippen molar-refractivity contribution in [3.05, 3.63) is 54.6 Å². The molecule has 2 aromatic rings. The number of nitrogens with one attached hydrogen (secondary N) is 1. The third-order valence-electron chi connectivity index (χ3n) is 4.04. The maximum absolute atomic E-state index is 5.56. The highest BCUT2D eigenvalue weighted by molar-refractivity contribution is 7.80. The molecule has 5 heteroatoms. The van der Waals surface area contributed by atoms with Crippen LogP contribution in [0.5, 0.6) is 5.75 Å². The second-order valence-electron chi connectivity index (χ2n) is 5.44. The lowest BCUT2D eigenvalue weighted by atomic mass is 10.2. The Morgan fingerprint density at radius 3 is 2.30 bits per heavy atom. The van der Waals surface area contributed by atoms with E-state index in [-0.39, 0.29) is 0 Å². The predicted molar refractivity (Wildman–Crippen MR) is 99.4 cm³/mol. The number of ether oxygens (including phenoxy) is 1. The van der Waals surface area contributed by atoms with E-state index in [2.05, 4.69) is 39.4 Å². The molecule has 3 rings (SSSR count). The fraction of sp³-hybridized carbons (Fsp3) is 0.278. The number of methoxy groups -OCH3 is 1. The Kier molecular flexibility index (Phi) is 4.98. The van der Waals surface area contributed by atoms with E-state index >= 15 is 0 Å². The van der Waals surface area contributed by atoms with Crippen LogP contribution in [0.3, 0.4) is 0 Å². The predicted octanol–water partition coefficient (Wildman–Crippen LogP) is 3.21. The van der Waals surface area contributed by atoms with Crippen molar-refractivity contribution < 1.29 is 4.74 Å². The molecule has 1 aliphatic heterocycles. The molecular weight excluding hydrogens is 306 g/mol. The lowest BCUT2D eigenvalue weighted by molar-refractivity contribution is 0.390. The van der Waals surface area contributed by atoms with Crippen LogP contribution in [0.1, 0.15) is 0 Å². The number of anilines is 2. The van der Waals surface area contributed by atoms with Crippen LogP contribution in [-0.2, 0) is 0 Å². The van der Waals surface area contributed by atoms with Crippen molar-refractivity contribution in [2.24, 2.45) is 0 Å². The van der Waals surface area contributed by atoms with Crippen LogP contribution in [0.2, 0.25) is 0 Å². The standard InChI is InChI=1S/C18H21N3OS/c1-22-17-10-6-5-9-16(17)19-18(23)21-13-11-20(12-14-21)15-7-3-2-4-8-15/h2-10H,11-14H2,1H3,(H,19,23). The van der Waals surface area contributed by atoms with E-state index in [1.807, 2.05) is 30.3 Å². The number of rotatable bonds is 3. The van der Waals surface area contributed by atoms with Gasteiger partial charge in [0.2, 0.25) is 0 Å². The summed E-state index contributed by atoms with van der Waals surface area (Å²) in [6.45, 7) is 3.77. The van der Waals surface area contributed by atoms with Crippen LogP contribution in [0.15, 0.2) is 54.6 Å². The minimum absolute atomic E-state index is 0.752. The van der Waals surface area contributed by atoms with E-state index in [4.69, 9.17) is 17.0 Å². The molecule has 1 fully saturated rings. The second-order valence-corrected chi connectivity index (χ2v) is 5.83. The highest BCUT2D eigenvalue weighted by Gasteiger charge is 2.19. The monoisotopic (exact) mass is 327 g/mol. The van der Waals surface area contributed by atoms with Crippen LogP contribution in [-0.4, -0.2) is 43.3 Å². The zero-order valence-electron chi connectivity index (χ0n) is 13.2. The van der Waals surface area contributed by atoms with E-state index in [9.17, 15) is 0 Å². The maximum Gasteiger partial charge on any atom is 0.173 e. The fourth-order valence-corrected chi connectivity index (χ4v) is 3.04. The SMILES string of the molecule is COc1ccccc1NC(=S)N1CCN(c2ccccc2)CC1. The van der Waals surface area contributed by atoms with Gasteiger partial charge < -0.3 is 19.9 Å². The molecular formula is C18H21N3OS. The second kappa shape index (κ2) is 7.33. The zero-order chi connectivity index (χ0) is 16.1. The molecule has 0 amide bonds. The van der Waals surface area contributed by atoms with Crippen molar-refractivity contribution in [1.82, 2.24) is 4.90 Å². The van der Waals surface area contributed by atoms with Gasteiger partial charge in [0.1, 0.15) is 5.75 Å². The molecule has 0 aliphatic carbocycles. The number of thiocarbonyl (C=S) groups is 1. The summed E-state index contributed by atoms with van der Waals surface area (Å²) >= 11 is 5.56. The van der Waals surface area contributed by atoms with Gasteiger partial charge in [0, 0.05) is 31.9 Å². The van der Waals surface area contributed by atoms with E-state index in [0.29, 0.717) is 0 Å². The van der Waals surface area contributed by atoms with Gasteiger partial charge in [-0.3, -0.25) is 0 Å². The molecule has 0 spiro atoms. The summed E-state index contributed by atoms with van der Waals surface area (Å²) in [5.41, 5.74) is 2.18. The molecule has 1 N–H and O–H groups in total. The van der Waals surface area contributed by atoms with Gasteiger partial charge in [0.05, 0.1) is 12.8 Å². The lowest BCUT2D eigenvalue weighted by Gasteiger charge is -2.37. The Labute approximate surface area is 142 Å². The molecule has 1 heterocycles. The fourth-order valence-electron chi connectivity index (χ4n) is 2.75. The van der Waals surface area contributed by atoms with Gasteiger partial charge in [0.15, 0.2) is 5.11 Å². The number of para-hydroxylation sites is 3. The molecule has 0 aromatic heterocycles. The van der Waals surface area contributed by atoms with E-state index < -0.39 is 0 Å². The molecule has 2 aromatic carbocycles. The average Bonchev–Trinajstić information content (AvgIpc) is 2.63. The molecule has 0 unspecified atom stereocenters. The third-order valence-corrected chi connectivity index (χ3v) is 4.40. The number of nitrogens with zero attached hydrogens (tertiary/aromatic N) is 2. The average molecular weight is 327 g/mol. The Bertz CT molecular complexity index is 654. The smallest absolute Gasteiger partial charge is 0.173 e. The molecule has 4 nitrogen and oxygen atoms in total. The van der Waals surface area contributed by atoms with Crippen LogP contribution >= 0.6 is 12.2 Å². The van der Waals surface area contributed by atoms with Crippen molar-refractivity contribution in [2.45, 2.75) is 0 Å². The Morgan fingerprint density at radius 1 is 0.957 bits per heavy atom. The zero-order valence-corrected chi connectivity index (χ0v) is 14.1. The quantitative estimate of drug-likeness (QED) is 0.874. The molecule has 0 saturated carbocycles. The van der Waals surface area contributed by atoms with Crippen molar-refractivity contribution >= 4 is 28.7 Å². The van der Waals surface area contributed by atoms with E-state index in [1.165, 1.54) is 5.69 Å². The van der Waals surface area contributed by atoms with Crippen molar-refractivity contribution in [1.29, 1.82) is 0 Å². The first-order chi connectivity index (χ1) is 11.3. The third kappa shape index (κ3) is 3.74. The molecule has 120 valence electrons. The number of benzene rings is 2. The summed E-state index contributed by atoms with van der Waals surface area (Å²) in [5.74, 6) is 0.803. The highest BCUT2D eigenvalue weighted by atomic mass is 32.1. The maximum atomic E-state index is 5.56. The lowest BCUT2D eigenvalue weighted by Crippen LogP contribution is -2.50. The van der Waals surface area contributed by atoms with Crippen molar-refractivity contribution in [3.63, 3.8) is 0 Å². The largest absolute Gasteiger partial charge is 0.495 e. The Balaban J connectivity index is 1.58. The first-order valence-electron chi connectivity index (χ1n) is 7.77. The summed E-state index contributed by atoms with van der Waals surface area (Å²) < 4.78 is 5.36. The highest BCUT2D eigenvalue weighted by Crippen LogP contribution is 2.24. The summed E-state index contributed by atoms with van der Waals surface area (Å²) in [7, 11) is 1.67. The van der Waals surface area contributed by atoms with Gasteiger partial charge in [-0.25, -0.2) is 0 Å². The van der Waals surface area contributed by atoms with Gasteiger partial charge in [-0.2, -0.15) is 0 Å². The van der Waals surface area contributed by atoms with Gasteiger partial charge >= 0.3 is 0 Å². The molecule has 23 heavy (non-hydrogen) atoms. The van der Waals surface area contributed by atoms with Crippen molar-refractivity contribution in [2.75, 3.05) is 43.5 Å². The minimum atomic E-state index is 0.752. The summed E-state index contributed by atoms with van der Waals surface area (Å²) in [4.78, 5) is 4.60. The van der Waals surface area contributed by atoms with E-state index in [0.717, 1.165) is 42.7 Å². The summed E-state index contributed by atoms with van der Waals surface area (Å²) in [6.07, 6.45) is 0. The first kappa shape index (κ1) is 15.6. The number of piperazine rings is 1. The van der Waals surface area contributed by atoms with E-state index in [1.54, 1.807) is 7.11 Å². The minimum Gasteiger partial charge on any atom is -0.495 e. The van der Waals surface area contributed by atoms with Crippen LogP contribution in [0.25, 0.3) is 0 Å². The summed E-state index contributed by atoms with van der Waals surface area (Å²) in [5, 5.41) is 4.05. The van der Waals surface area contributed by atoms with Gasteiger partial charge in [0.25, 0.3) is 0 Å². The number of hydrogen-bond acceptors (Lipinski definition) is 3.